The summed E-state index contributed by atoms with van der Waals surface area (Å²) in [4.78, 5) is 11.1. The smallest absolute Gasteiger partial charge is 0.248 e. The molecule has 1 aliphatic heterocycles. The molecule has 0 bridgehead atoms. The van der Waals surface area contributed by atoms with Crippen LogP contribution in [-0.2, 0) is 4.79 Å². The number of hydrogen-bond acceptors (Lipinski definition) is 3. The molecule has 0 spiro atoms. The summed E-state index contributed by atoms with van der Waals surface area (Å²) in [6, 6.07) is 2.00. The number of thiocarbonyl (C=S) groups is 1. The largest absolute Gasteiger partial charge is 0.315 e. The Kier molecular flexibility index (Phi) is 2.01. The quantitative estimate of drug-likeness (QED) is 0.534. The first-order chi connectivity index (χ1) is 5.15. The van der Waals surface area contributed by atoms with Crippen molar-refractivity contribution >= 4 is 23.1 Å². The van der Waals surface area contributed by atoms with Gasteiger partial charge in [-0.25, -0.2) is 0 Å². The summed E-state index contributed by atoms with van der Waals surface area (Å²) in [5.74, 6) is -0.665. The number of carbonyl (C=O) groups excluding carboxylic acids is 1. The molecule has 11 heavy (non-hydrogen) atoms. The normalized spacial score (nSPS) is 23.6. The maximum atomic E-state index is 10.8. The molecule has 0 aromatic rings. The first kappa shape index (κ1) is 7.89. The van der Waals surface area contributed by atoms with Crippen LogP contribution in [0.25, 0.3) is 0 Å². The minimum absolute atomic E-state index is 0.237. The van der Waals surface area contributed by atoms with Crippen LogP contribution in [0.1, 0.15) is 6.92 Å². The zero-order chi connectivity index (χ0) is 8.43. The molecule has 1 aliphatic rings. The number of nitrogens with zero attached hydrogens (tertiary/aromatic N) is 1. The van der Waals surface area contributed by atoms with Gasteiger partial charge in [0.05, 0.1) is 6.07 Å². The van der Waals surface area contributed by atoms with Crippen molar-refractivity contribution in [2.24, 2.45) is 5.92 Å². The van der Waals surface area contributed by atoms with Gasteiger partial charge in [-0.3, -0.25) is 4.79 Å². The SMILES string of the molecule is CC1=CC(=O)NC(=S)C1C#N. The number of nitrogens with one attached hydrogen (secondary N) is 1. The van der Waals surface area contributed by atoms with Crippen molar-refractivity contribution in [1.82, 2.24) is 5.32 Å². The van der Waals surface area contributed by atoms with Gasteiger partial charge in [-0.15, -0.1) is 0 Å². The number of amides is 1. The highest BCUT2D eigenvalue weighted by atomic mass is 32.1. The summed E-state index contributed by atoms with van der Waals surface area (Å²) in [6.07, 6.45) is 1.39. The molecule has 1 rings (SSSR count). The lowest BCUT2D eigenvalue weighted by Gasteiger charge is -2.16. The second-order valence-corrected chi connectivity index (χ2v) is 2.74. The van der Waals surface area contributed by atoms with E-state index in [4.69, 9.17) is 17.5 Å². The summed E-state index contributed by atoms with van der Waals surface area (Å²) < 4.78 is 0. The van der Waals surface area contributed by atoms with E-state index in [-0.39, 0.29) is 5.91 Å². The molecule has 0 aliphatic carbocycles. The molecule has 1 amide bonds. The van der Waals surface area contributed by atoms with Crippen LogP contribution in [0.5, 0.6) is 0 Å². The maximum absolute atomic E-state index is 10.8. The molecule has 1 heterocycles. The number of rotatable bonds is 0. The molecule has 0 aromatic carbocycles. The first-order valence-corrected chi connectivity index (χ1v) is 3.48. The van der Waals surface area contributed by atoms with E-state index in [9.17, 15) is 4.79 Å². The number of carbonyl (C=O) groups is 1. The lowest BCUT2D eigenvalue weighted by Crippen LogP contribution is -2.37. The third-order valence-electron chi connectivity index (χ3n) is 1.45. The Labute approximate surface area is 69.7 Å². The predicted octanol–water partition coefficient (Wildman–Crippen LogP) is 0.530. The van der Waals surface area contributed by atoms with Crippen molar-refractivity contribution in [3.63, 3.8) is 0 Å². The Bertz CT molecular complexity index is 287. The minimum atomic E-state index is -0.428. The topological polar surface area (TPSA) is 52.9 Å². The van der Waals surface area contributed by atoms with Crippen molar-refractivity contribution in [3.8, 4) is 6.07 Å². The van der Waals surface area contributed by atoms with Gasteiger partial charge in [0.2, 0.25) is 5.91 Å². The van der Waals surface area contributed by atoms with E-state index in [2.05, 4.69) is 5.32 Å². The van der Waals surface area contributed by atoms with Crippen LogP contribution in [0.3, 0.4) is 0 Å². The van der Waals surface area contributed by atoms with E-state index in [1.54, 1.807) is 6.92 Å². The number of nitriles is 1. The lowest BCUT2D eigenvalue weighted by molar-refractivity contribution is -0.115. The van der Waals surface area contributed by atoms with Gasteiger partial charge in [-0.2, -0.15) is 5.26 Å². The highest BCUT2D eigenvalue weighted by Gasteiger charge is 2.22. The molecule has 0 saturated carbocycles. The van der Waals surface area contributed by atoms with Crippen LogP contribution < -0.4 is 5.32 Å². The molecular weight excluding hydrogens is 160 g/mol. The van der Waals surface area contributed by atoms with Crippen LogP contribution in [0.15, 0.2) is 11.6 Å². The summed E-state index contributed by atoms with van der Waals surface area (Å²) in [5.41, 5.74) is 0.709. The van der Waals surface area contributed by atoms with Crippen LogP contribution in [0.4, 0.5) is 0 Å². The molecule has 3 nitrogen and oxygen atoms in total. The third kappa shape index (κ3) is 1.44. The molecular formula is C7H6N2OS. The van der Waals surface area contributed by atoms with Gasteiger partial charge >= 0.3 is 0 Å². The van der Waals surface area contributed by atoms with Crippen LogP contribution >= 0.6 is 12.2 Å². The van der Waals surface area contributed by atoms with Gasteiger partial charge in [0.15, 0.2) is 0 Å². The molecule has 4 heteroatoms. The Morgan fingerprint density at radius 3 is 2.91 bits per heavy atom. The molecule has 1 N–H and O–H groups in total. The molecule has 1 atom stereocenters. The van der Waals surface area contributed by atoms with Gasteiger partial charge in [-0.1, -0.05) is 12.2 Å². The first-order valence-electron chi connectivity index (χ1n) is 3.08. The second-order valence-electron chi connectivity index (χ2n) is 2.30. The highest BCUT2D eigenvalue weighted by molar-refractivity contribution is 7.80. The Morgan fingerprint density at radius 1 is 1.82 bits per heavy atom. The third-order valence-corrected chi connectivity index (χ3v) is 1.79. The zero-order valence-electron chi connectivity index (χ0n) is 5.92. The van der Waals surface area contributed by atoms with Crippen molar-refractivity contribution < 1.29 is 4.79 Å². The van der Waals surface area contributed by atoms with Crippen molar-refractivity contribution in [2.45, 2.75) is 6.92 Å². The summed E-state index contributed by atoms with van der Waals surface area (Å²) in [7, 11) is 0. The van der Waals surface area contributed by atoms with Crippen LogP contribution in [-0.4, -0.2) is 10.9 Å². The molecule has 0 aromatic heterocycles. The van der Waals surface area contributed by atoms with Crippen LogP contribution in [0, 0.1) is 17.2 Å². The predicted molar refractivity (Wildman–Crippen MR) is 43.6 cm³/mol. The molecule has 0 fully saturated rings. The molecule has 0 radical (unpaired) electrons. The molecule has 1 unspecified atom stereocenters. The van der Waals surface area contributed by atoms with Gasteiger partial charge in [0, 0.05) is 6.08 Å². The van der Waals surface area contributed by atoms with E-state index in [1.807, 2.05) is 6.07 Å². The molecule has 0 saturated heterocycles. The highest BCUT2D eigenvalue weighted by Crippen LogP contribution is 2.13. The maximum Gasteiger partial charge on any atom is 0.248 e. The van der Waals surface area contributed by atoms with Crippen LogP contribution in [0.2, 0.25) is 0 Å². The van der Waals surface area contributed by atoms with E-state index >= 15 is 0 Å². The average molecular weight is 166 g/mol. The Balaban J connectivity index is 3.00. The summed E-state index contributed by atoms with van der Waals surface area (Å²) >= 11 is 4.79. The van der Waals surface area contributed by atoms with Gasteiger partial charge < -0.3 is 5.32 Å². The summed E-state index contributed by atoms with van der Waals surface area (Å²) in [5, 5.41) is 11.0. The van der Waals surface area contributed by atoms with E-state index in [1.165, 1.54) is 6.08 Å². The van der Waals surface area contributed by atoms with Crippen molar-refractivity contribution in [1.29, 1.82) is 5.26 Å². The van der Waals surface area contributed by atoms with Gasteiger partial charge in [-0.05, 0) is 12.5 Å². The van der Waals surface area contributed by atoms with Gasteiger partial charge in [0.25, 0.3) is 0 Å². The fraction of sp³-hybridized carbons (Fsp3) is 0.286. The van der Waals surface area contributed by atoms with Crippen molar-refractivity contribution in [2.75, 3.05) is 0 Å². The van der Waals surface area contributed by atoms with Gasteiger partial charge in [0.1, 0.15) is 10.9 Å². The molecule has 56 valence electrons. The number of hydrogen-bond donors (Lipinski definition) is 1. The summed E-state index contributed by atoms with van der Waals surface area (Å²) in [6.45, 7) is 1.72. The second kappa shape index (κ2) is 2.81. The monoisotopic (exact) mass is 166 g/mol. The fourth-order valence-corrected chi connectivity index (χ4v) is 1.23. The Morgan fingerprint density at radius 2 is 2.45 bits per heavy atom. The zero-order valence-corrected chi connectivity index (χ0v) is 6.73. The standard InChI is InChI=1S/C7H6N2OS/c1-4-2-6(10)9-7(11)5(4)3-8/h2,5H,1H3,(H,9,10,11). The average Bonchev–Trinajstić information content (AvgIpc) is 1.85. The van der Waals surface area contributed by atoms with E-state index in [0.29, 0.717) is 10.6 Å². The fourth-order valence-electron chi connectivity index (χ4n) is 0.887. The Hall–Kier alpha value is -1.21. The van der Waals surface area contributed by atoms with E-state index in [0.717, 1.165) is 0 Å². The van der Waals surface area contributed by atoms with E-state index < -0.39 is 5.92 Å². The van der Waals surface area contributed by atoms with Crippen molar-refractivity contribution in [3.05, 3.63) is 11.6 Å². The minimum Gasteiger partial charge on any atom is -0.315 e. The lowest BCUT2D eigenvalue weighted by atomic mass is 9.99.